The number of rotatable bonds is 7. The smallest absolute Gasteiger partial charge is 0.377 e. The molecule has 1 aromatic carbocycles. The number of aryl methyl sites for hydroxylation is 1. The highest BCUT2D eigenvalue weighted by Crippen LogP contribution is 2.13. The zero-order valence-electron chi connectivity index (χ0n) is 11.1. The number of benzene rings is 1. The Kier molecular flexibility index (Phi) is 6.09. The molecule has 110 valence electrons. The fraction of sp³-hybridized carbons (Fsp3) is 0.429. The van der Waals surface area contributed by atoms with Crippen LogP contribution in [0.15, 0.2) is 30.3 Å². The highest BCUT2D eigenvalue weighted by molar-refractivity contribution is 5.80. The average Bonchev–Trinajstić information content (AvgIpc) is 2.41. The summed E-state index contributed by atoms with van der Waals surface area (Å²) in [4.78, 5) is 21.8. The molecule has 6 heteroatoms. The molecule has 0 unspecified atom stereocenters. The standard InChI is InChI=1S/C14H16F2O4/c1-14(15,16)13(18)20-10-12(17)19-9-5-8-11-6-3-2-4-7-11/h2-4,6-7H,5,8-10H2,1H3. The van der Waals surface area contributed by atoms with Crippen LogP contribution in [0.1, 0.15) is 18.9 Å². The lowest BCUT2D eigenvalue weighted by atomic mass is 10.1. The molecular formula is C14H16F2O4. The van der Waals surface area contributed by atoms with Gasteiger partial charge in [-0.1, -0.05) is 30.3 Å². The molecule has 0 aromatic heterocycles. The Morgan fingerprint density at radius 1 is 1.15 bits per heavy atom. The van der Waals surface area contributed by atoms with Gasteiger partial charge in [0.25, 0.3) is 0 Å². The van der Waals surface area contributed by atoms with Crippen molar-refractivity contribution in [2.45, 2.75) is 25.7 Å². The van der Waals surface area contributed by atoms with Crippen LogP contribution in [-0.4, -0.2) is 31.1 Å². The van der Waals surface area contributed by atoms with Gasteiger partial charge in [-0.05, 0) is 18.4 Å². The molecule has 0 fully saturated rings. The Morgan fingerprint density at radius 3 is 2.40 bits per heavy atom. The van der Waals surface area contributed by atoms with Crippen LogP contribution in [0, 0.1) is 0 Å². The summed E-state index contributed by atoms with van der Waals surface area (Å²) in [6.07, 6.45) is 1.34. The van der Waals surface area contributed by atoms with E-state index in [4.69, 9.17) is 4.74 Å². The first-order chi connectivity index (χ1) is 9.39. The van der Waals surface area contributed by atoms with Gasteiger partial charge in [0.1, 0.15) is 0 Å². The highest BCUT2D eigenvalue weighted by atomic mass is 19.3. The molecule has 0 amide bonds. The number of hydrogen-bond donors (Lipinski definition) is 0. The van der Waals surface area contributed by atoms with Gasteiger partial charge in [-0.3, -0.25) is 0 Å². The summed E-state index contributed by atoms with van der Waals surface area (Å²) < 4.78 is 33.8. The first-order valence-electron chi connectivity index (χ1n) is 6.14. The van der Waals surface area contributed by atoms with Crippen LogP contribution in [0.3, 0.4) is 0 Å². The van der Waals surface area contributed by atoms with E-state index in [0.717, 1.165) is 12.0 Å². The van der Waals surface area contributed by atoms with E-state index in [1.807, 2.05) is 30.3 Å². The second-order valence-corrected chi connectivity index (χ2v) is 4.27. The van der Waals surface area contributed by atoms with Gasteiger partial charge in [0, 0.05) is 6.92 Å². The van der Waals surface area contributed by atoms with Crippen molar-refractivity contribution >= 4 is 11.9 Å². The zero-order chi connectivity index (χ0) is 15.0. The van der Waals surface area contributed by atoms with E-state index in [2.05, 4.69) is 4.74 Å². The summed E-state index contributed by atoms with van der Waals surface area (Å²) in [5.74, 6) is -6.18. The lowest BCUT2D eigenvalue weighted by Crippen LogP contribution is -2.29. The second-order valence-electron chi connectivity index (χ2n) is 4.27. The fourth-order valence-electron chi connectivity index (χ4n) is 1.40. The maximum absolute atomic E-state index is 12.4. The van der Waals surface area contributed by atoms with Crippen molar-refractivity contribution in [2.75, 3.05) is 13.2 Å². The number of carbonyl (C=O) groups is 2. The highest BCUT2D eigenvalue weighted by Gasteiger charge is 2.34. The predicted octanol–water partition coefficient (Wildman–Crippen LogP) is 2.36. The van der Waals surface area contributed by atoms with Crippen molar-refractivity contribution < 1.29 is 27.8 Å². The molecule has 0 bridgehead atoms. The molecule has 0 saturated heterocycles. The largest absolute Gasteiger partial charge is 0.463 e. The molecule has 1 rings (SSSR count). The maximum Gasteiger partial charge on any atom is 0.377 e. The number of hydrogen-bond acceptors (Lipinski definition) is 4. The van der Waals surface area contributed by atoms with E-state index in [9.17, 15) is 18.4 Å². The van der Waals surface area contributed by atoms with Gasteiger partial charge in [0.15, 0.2) is 6.61 Å². The Balaban J connectivity index is 2.13. The van der Waals surface area contributed by atoms with Gasteiger partial charge in [-0.15, -0.1) is 0 Å². The summed E-state index contributed by atoms with van der Waals surface area (Å²) in [5.41, 5.74) is 1.11. The Morgan fingerprint density at radius 2 is 1.80 bits per heavy atom. The van der Waals surface area contributed by atoms with Gasteiger partial charge in [-0.25, -0.2) is 9.59 Å². The van der Waals surface area contributed by atoms with E-state index < -0.39 is 24.5 Å². The molecule has 0 aliphatic heterocycles. The molecule has 0 aliphatic carbocycles. The quantitative estimate of drug-likeness (QED) is 0.570. The number of esters is 2. The Hall–Kier alpha value is -1.98. The Labute approximate surface area is 115 Å². The third-order valence-corrected chi connectivity index (χ3v) is 2.40. The summed E-state index contributed by atoms with van der Waals surface area (Å²) in [7, 11) is 0. The minimum Gasteiger partial charge on any atom is -0.463 e. The minimum absolute atomic E-state index is 0.147. The van der Waals surface area contributed by atoms with E-state index >= 15 is 0 Å². The first kappa shape index (κ1) is 16.1. The maximum atomic E-state index is 12.4. The first-order valence-corrected chi connectivity index (χ1v) is 6.14. The van der Waals surface area contributed by atoms with Crippen molar-refractivity contribution in [1.29, 1.82) is 0 Å². The summed E-state index contributed by atoms with van der Waals surface area (Å²) in [6, 6.07) is 9.62. The van der Waals surface area contributed by atoms with Gasteiger partial charge < -0.3 is 9.47 Å². The molecule has 0 radical (unpaired) electrons. The SMILES string of the molecule is CC(F)(F)C(=O)OCC(=O)OCCCc1ccccc1. The van der Waals surface area contributed by atoms with Crippen molar-refractivity contribution in [3.8, 4) is 0 Å². The fourth-order valence-corrected chi connectivity index (χ4v) is 1.40. The molecule has 0 aliphatic rings. The molecule has 0 saturated carbocycles. The molecule has 4 nitrogen and oxygen atoms in total. The van der Waals surface area contributed by atoms with Gasteiger partial charge in [-0.2, -0.15) is 8.78 Å². The van der Waals surface area contributed by atoms with Gasteiger partial charge >= 0.3 is 17.9 Å². The third kappa shape index (κ3) is 6.26. The lowest BCUT2D eigenvalue weighted by molar-refractivity contribution is -0.175. The van der Waals surface area contributed by atoms with E-state index in [0.29, 0.717) is 13.3 Å². The molecule has 0 atom stereocenters. The van der Waals surface area contributed by atoms with E-state index in [1.54, 1.807) is 0 Å². The van der Waals surface area contributed by atoms with E-state index in [1.165, 1.54) is 0 Å². The normalized spacial score (nSPS) is 10.9. The predicted molar refractivity (Wildman–Crippen MR) is 67.3 cm³/mol. The molecular weight excluding hydrogens is 270 g/mol. The minimum atomic E-state index is -3.60. The molecule has 1 aromatic rings. The van der Waals surface area contributed by atoms with Gasteiger partial charge in [0.2, 0.25) is 0 Å². The monoisotopic (exact) mass is 286 g/mol. The summed E-state index contributed by atoms with van der Waals surface area (Å²) in [5, 5.41) is 0. The van der Waals surface area contributed by atoms with E-state index in [-0.39, 0.29) is 6.61 Å². The lowest BCUT2D eigenvalue weighted by Gasteiger charge is -2.09. The average molecular weight is 286 g/mol. The van der Waals surface area contributed by atoms with Crippen LogP contribution < -0.4 is 0 Å². The topological polar surface area (TPSA) is 52.6 Å². The number of ether oxygens (including phenoxy) is 2. The summed E-state index contributed by atoms with van der Waals surface area (Å²) in [6.45, 7) is -0.248. The van der Waals surface area contributed by atoms with Crippen molar-refractivity contribution in [2.24, 2.45) is 0 Å². The Bertz CT molecular complexity index is 440. The van der Waals surface area contributed by atoms with Crippen LogP contribution in [0.25, 0.3) is 0 Å². The second kappa shape index (κ2) is 7.57. The van der Waals surface area contributed by atoms with Crippen molar-refractivity contribution in [3.05, 3.63) is 35.9 Å². The van der Waals surface area contributed by atoms with Crippen LogP contribution in [-0.2, 0) is 25.5 Å². The van der Waals surface area contributed by atoms with Crippen molar-refractivity contribution in [1.82, 2.24) is 0 Å². The number of alkyl halides is 2. The van der Waals surface area contributed by atoms with Crippen LogP contribution in [0.4, 0.5) is 8.78 Å². The zero-order valence-corrected chi connectivity index (χ0v) is 11.1. The van der Waals surface area contributed by atoms with Crippen LogP contribution in [0.5, 0.6) is 0 Å². The molecule has 0 heterocycles. The summed E-state index contributed by atoms with van der Waals surface area (Å²) >= 11 is 0. The van der Waals surface area contributed by atoms with Gasteiger partial charge in [0.05, 0.1) is 6.61 Å². The van der Waals surface area contributed by atoms with Crippen LogP contribution >= 0.6 is 0 Å². The van der Waals surface area contributed by atoms with Crippen molar-refractivity contribution in [3.63, 3.8) is 0 Å². The van der Waals surface area contributed by atoms with Crippen LogP contribution in [0.2, 0.25) is 0 Å². The third-order valence-electron chi connectivity index (χ3n) is 2.40. The molecule has 0 spiro atoms. The number of carbonyl (C=O) groups excluding carboxylic acids is 2. The molecule has 20 heavy (non-hydrogen) atoms. The molecule has 0 N–H and O–H groups in total. The number of halogens is 2.